The van der Waals surface area contributed by atoms with E-state index in [-0.39, 0.29) is 10.8 Å². The molecule has 9 heteroatoms. The van der Waals surface area contributed by atoms with Gasteiger partial charge >= 0.3 is 0 Å². The van der Waals surface area contributed by atoms with Gasteiger partial charge in [0, 0.05) is 6.07 Å². The summed E-state index contributed by atoms with van der Waals surface area (Å²) in [7, 11) is 0. The lowest BCUT2D eigenvalue weighted by Crippen LogP contribution is -2.19. The summed E-state index contributed by atoms with van der Waals surface area (Å²) in [5.74, 6) is 0.372. The Labute approximate surface area is 135 Å². The molecule has 0 aliphatic heterocycles. The van der Waals surface area contributed by atoms with Crippen molar-refractivity contribution < 1.29 is 4.92 Å². The molecular weight excluding hydrogens is 335 g/mol. The molecule has 2 N–H and O–H groups in total. The molecule has 1 aromatic carbocycles. The Bertz CT molecular complexity index is 694. The van der Waals surface area contributed by atoms with Gasteiger partial charge in [-0.1, -0.05) is 29.3 Å². The minimum Gasteiger partial charge on any atom is -0.331 e. The van der Waals surface area contributed by atoms with Crippen LogP contribution in [0.25, 0.3) is 0 Å². The Hall–Kier alpha value is -1.96. The summed E-state index contributed by atoms with van der Waals surface area (Å²) >= 11 is 17.0. The van der Waals surface area contributed by atoms with Crippen molar-refractivity contribution in [1.29, 1.82) is 0 Å². The van der Waals surface area contributed by atoms with Crippen LogP contribution in [0.3, 0.4) is 0 Å². The lowest BCUT2D eigenvalue weighted by molar-refractivity contribution is -0.385. The van der Waals surface area contributed by atoms with E-state index in [1.54, 1.807) is 18.2 Å². The highest BCUT2D eigenvalue weighted by Crippen LogP contribution is 2.29. The van der Waals surface area contributed by atoms with Crippen molar-refractivity contribution in [3.05, 3.63) is 56.7 Å². The lowest BCUT2D eigenvalue weighted by atomic mass is 10.3. The fourth-order valence-electron chi connectivity index (χ4n) is 1.44. The van der Waals surface area contributed by atoms with Crippen molar-refractivity contribution >= 4 is 57.7 Å². The number of anilines is 2. The zero-order chi connectivity index (χ0) is 15.4. The molecule has 0 radical (unpaired) electrons. The van der Waals surface area contributed by atoms with Crippen LogP contribution < -0.4 is 10.6 Å². The summed E-state index contributed by atoms with van der Waals surface area (Å²) in [6.45, 7) is 0. The fraction of sp³-hybridized carbons (Fsp3) is 0. The van der Waals surface area contributed by atoms with E-state index in [1.807, 2.05) is 0 Å². The Morgan fingerprint density at radius 1 is 1.24 bits per heavy atom. The zero-order valence-corrected chi connectivity index (χ0v) is 12.7. The number of nitrogens with zero attached hydrogens (tertiary/aromatic N) is 2. The summed E-state index contributed by atoms with van der Waals surface area (Å²) in [6, 6.07) is 7.87. The van der Waals surface area contributed by atoms with Crippen molar-refractivity contribution in [1.82, 2.24) is 4.98 Å². The molecule has 21 heavy (non-hydrogen) atoms. The van der Waals surface area contributed by atoms with Crippen LogP contribution in [-0.2, 0) is 0 Å². The Morgan fingerprint density at radius 3 is 2.62 bits per heavy atom. The molecule has 0 fully saturated rings. The number of halogens is 2. The van der Waals surface area contributed by atoms with E-state index >= 15 is 0 Å². The van der Waals surface area contributed by atoms with Crippen LogP contribution in [0.5, 0.6) is 0 Å². The van der Waals surface area contributed by atoms with Gasteiger partial charge in [0.25, 0.3) is 5.69 Å². The minimum absolute atomic E-state index is 0.0997. The number of aromatic nitrogens is 1. The van der Waals surface area contributed by atoms with Gasteiger partial charge in [0.05, 0.1) is 20.7 Å². The second-order valence-electron chi connectivity index (χ2n) is 3.84. The Balaban J connectivity index is 2.04. The maximum absolute atomic E-state index is 10.5. The van der Waals surface area contributed by atoms with Gasteiger partial charge in [-0.05, 0) is 30.4 Å². The Morgan fingerprint density at radius 2 is 2.00 bits per heavy atom. The Kier molecular flexibility index (Phi) is 4.89. The molecule has 2 aromatic rings. The van der Waals surface area contributed by atoms with Crippen molar-refractivity contribution in [2.45, 2.75) is 0 Å². The second-order valence-corrected chi connectivity index (χ2v) is 5.03. The molecule has 0 amide bonds. The molecule has 0 atom stereocenters. The van der Waals surface area contributed by atoms with Crippen molar-refractivity contribution in [3.63, 3.8) is 0 Å². The number of thiocarbonyl (C=S) groups is 1. The highest BCUT2D eigenvalue weighted by Gasteiger charge is 2.08. The van der Waals surface area contributed by atoms with E-state index in [1.165, 1.54) is 12.1 Å². The monoisotopic (exact) mass is 342 g/mol. The first kappa shape index (κ1) is 15.4. The summed E-state index contributed by atoms with van der Waals surface area (Å²) in [4.78, 5) is 13.9. The van der Waals surface area contributed by atoms with Crippen molar-refractivity contribution in [3.8, 4) is 0 Å². The van der Waals surface area contributed by atoms with Crippen LogP contribution in [0.4, 0.5) is 17.2 Å². The summed E-state index contributed by atoms with van der Waals surface area (Å²) in [5.41, 5.74) is 0.445. The SMILES string of the molecule is O=[N+]([O-])c1ccc(NC(=S)Nc2cccc(Cl)c2Cl)nc1. The average Bonchev–Trinajstić information content (AvgIpc) is 2.44. The van der Waals surface area contributed by atoms with Crippen molar-refractivity contribution in [2.24, 2.45) is 0 Å². The van der Waals surface area contributed by atoms with Crippen molar-refractivity contribution in [2.75, 3.05) is 10.6 Å². The molecule has 1 heterocycles. The molecule has 108 valence electrons. The topological polar surface area (TPSA) is 80.1 Å². The van der Waals surface area contributed by atoms with Gasteiger partial charge in [-0.15, -0.1) is 0 Å². The molecule has 0 aliphatic rings. The van der Waals surface area contributed by atoms with Gasteiger partial charge in [-0.2, -0.15) is 0 Å². The third kappa shape index (κ3) is 4.01. The van der Waals surface area contributed by atoms with Crippen LogP contribution in [0, 0.1) is 10.1 Å². The van der Waals surface area contributed by atoms with Crippen LogP contribution in [0.2, 0.25) is 10.0 Å². The predicted molar refractivity (Wildman–Crippen MR) is 87.2 cm³/mol. The quantitative estimate of drug-likeness (QED) is 0.496. The first-order chi connectivity index (χ1) is 9.97. The van der Waals surface area contributed by atoms with Gasteiger partial charge in [0.15, 0.2) is 5.11 Å². The third-order valence-electron chi connectivity index (χ3n) is 2.40. The minimum atomic E-state index is -0.529. The van der Waals surface area contributed by atoms with E-state index in [0.717, 1.165) is 6.20 Å². The molecule has 0 aliphatic carbocycles. The standard InChI is InChI=1S/C12H8Cl2N4O2S/c13-8-2-1-3-9(11(8)14)16-12(21)17-10-5-4-7(6-15-10)18(19)20/h1-6H,(H2,15,16,17,21). The predicted octanol–water partition coefficient (Wildman–Crippen LogP) is 4.11. The summed E-state index contributed by atoms with van der Waals surface area (Å²) in [6.07, 6.45) is 1.14. The largest absolute Gasteiger partial charge is 0.331 e. The van der Waals surface area contributed by atoms with Gasteiger partial charge in [-0.25, -0.2) is 4.98 Å². The summed E-state index contributed by atoms with van der Waals surface area (Å²) < 4.78 is 0. The second kappa shape index (κ2) is 6.66. The van der Waals surface area contributed by atoms with E-state index in [9.17, 15) is 10.1 Å². The maximum Gasteiger partial charge on any atom is 0.287 e. The highest BCUT2D eigenvalue weighted by atomic mass is 35.5. The van der Waals surface area contributed by atoms with Gasteiger partial charge in [0.2, 0.25) is 0 Å². The molecule has 0 saturated heterocycles. The smallest absolute Gasteiger partial charge is 0.287 e. The van der Waals surface area contributed by atoms with Gasteiger partial charge in [0.1, 0.15) is 12.0 Å². The normalized spacial score (nSPS) is 10.0. The van der Waals surface area contributed by atoms with E-state index in [0.29, 0.717) is 21.6 Å². The summed E-state index contributed by atoms with van der Waals surface area (Å²) in [5, 5.41) is 17.2. The number of nitro groups is 1. The number of hydrogen-bond donors (Lipinski definition) is 2. The first-order valence-corrected chi connectivity index (χ1v) is 6.76. The van der Waals surface area contributed by atoms with E-state index in [2.05, 4.69) is 15.6 Å². The maximum atomic E-state index is 10.5. The van der Waals surface area contributed by atoms with Crippen LogP contribution >= 0.6 is 35.4 Å². The zero-order valence-electron chi connectivity index (χ0n) is 10.3. The highest BCUT2D eigenvalue weighted by molar-refractivity contribution is 7.80. The van der Waals surface area contributed by atoms with E-state index < -0.39 is 4.92 Å². The molecule has 1 aromatic heterocycles. The average molecular weight is 343 g/mol. The molecule has 6 nitrogen and oxygen atoms in total. The van der Waals surface area contributed by atoms with Crippen LogP contribution in [-0.4, -0.2) is 15.0 Å². The van der Waals surface area contributed by atoms with E-state index in [4.69, 9.17) is 35.4 Å². The number of rotatable bonds is 3. The van der Waals surface area contributed by atoms with Crippen LogP contribution in [0.15, 0.2) is 36.5 Å². The molecule has 0 saturated carbocycles. The molecule has 0 unspecified atom stereocenters. The first-order valence-electron chi connectivity index (χ1n) is 5.60. The number of benzene rings is 1. The van der Waals surface area contributed by atoms with Gasteiger partial charge < -0.3 is 10.6 Å². The number of hydrogen-bond acceptors (Lipinski definition) is 4. The fourth-order valence-corrected chi connectivity index (χ4v) is 2.00. The molecule has 2 rings (SSSR count). The number of nitrogens with one attached hydrogen (secondary N) is 2. The van der Waals surface area contributed by atoms with Crippen LogP contribution in [0.1, 0.15) is 0 Å². The molecule has 0 bridgehead atoms. The molecular formula is C12H8Cl2N4O2S. The van der Waals surface area contributed by atoms with Gasteiger partial charge in [-0.3, -0.25) is 10.1 Å². The lowest BCUT2D eigenvalue weighted by Gasteiger charge is -2.11. The number of pyridine rings is 1. The third-order valence-corrected chi connectivity index (χ3v) is 3.42. The molecule has 0 spiro atoms.